The summed E-state index contributed by atoms with van der Waals surface area (Å²) in [6.07, 6.45) is 10.3. The molecular weight excluding hydrogens is 496 g/mol. The van der Waals surface area contributed by atoms with E-state index in [1.807, 2.05) is 43.4 Å². The molecule has 1 N–H and O–H groups in total. The summed E-state index contributed by atoms with van der Waals surface area (Å²) in [7, 11) is 0. The van der Waals surface area contributed by atoms with Crippen LogP contribution >= 0.6 is 11.6 Å². The highest BCUT2D eigenvalue weighted by molar-refractivity contribution is 6.34. The van der Waals surface area contributed by atoms with Crippen molar-refractivity contribution in [1.82, 2.24) is 4.90 Å². The number of amides is 2. The number of rotatable bonds is 5. The molecule has 2 fully saturated rings. The number of aliphatic hydroxyl groups is 1. The number of esters is 1. The smallest absolute Gasteiger partial charge is 0.312 e. The number of halogens is 1. The van der Waals surface area contributed by atoms with Crippen molar-refractivity contribution in [3.63, 3.8) is 0 Å². The van der Waals surface area contributed by atoms with Crippen LogP contribution < -0.4 is 4.90 Å². The Kier molecular flexibility index (Phi) is 7.43. The summed E-state index contributed by atoms with van der Waals surface area (Å²) in [6, 6.07) is 4.48. The lowest BCUT2D eigenvalue weighted by Crippen LogP contribution is -2.55. The van der Waals surface area contributed by atoms with E-state index in [0.29, 0.717) is 30.2 Å². The number of hydrogen-bond donors (Lipinski definition) is 1. The van der Waals surface area contributed by atoms with Gasteiger partial charge in [0.25, 0.3) is 5.91 Å². The lowest BCUT2D eigenvalue weighted by Gasteiger charge is -2.36. The molecule has 0 aromatic heterocycles. The maximum absolute atomic E-state index is 14.4. The first-order valence-corrected chi connectivity index (χ1v) is 13.4. The van der Waals surface area contributed by atoms with Gasteiger partial charge >= 0.3 is 5.97 Å². The van der Waals surface area contributed by atoms with Crippen LogP contribution in [0.2, 0.25) is 5.02 Å². The first kappa shape index (κ1) is 25.9. The van der Waals surface area contributed by atoms with Gasteiger partial charge in [-0.3, -0.25) is 14.4 Å². The molecule has 0 bridgehead atoms. The minimum absolute atomic E-state index is 0.0155. The van der Waals surface area contributed by atoms with E-state index >= 15 is 0 Å². The van der Waals surface area contributed by atoms with Gasteiger partial charge in [-0.2, -0.15) is 0 Å². The number of aryl methyl sites for hydroxylation is 1. The maximum Gasteiger partial charge on any atom is 0.312 e. The molecule has 0 aliphatic carbocycles. The second-order valence-corrected chi connectivity index (χ2v) is 10.6. The molecule has 1 aromatic rings. The molecule has 1 unspecified atom stereocenters. The summed E-state index contributed by atoms with van der Waals surface area (Å²) in [5, 5.41) is 9.79. The number of hydrogen-bond acceptors (Lipinski definition) is 6. The summed E-state index contributed by atoms with van der Waals surface area (Å²) < 4.78 is 12.2. The zero-order valence-corrected chi connectivity index (χ0v) is 21.7. The number of carbonyl (C=O) groups excluding carboxylic acids is 3. The Morgan fingerprint density at radius 3 is 2.76 bits per heavy atom. The summed E-state index contributed by atoms with van der Waals surface area (Å²) in [4.78, 5) is 44.9. The molecule has 1 aromatic carbocycles. The molecule has 5 rings (SSSR count). The van der Waals surface area contributed by atoms with Crippen LogP contribution in [-0.2, 0) is 23.9 Å². The Morgan fingerprint density at radius 1 is 1.14 bits per heavy atom. The van der Waals surface area contributed by atoms with E-state index in [1.165, 1.54) is 0 Å². The van der Waals surface area contributed by atoms with E-state index in [4.69, 9.17) is 21.1 Å². The van der Waals surface area contributed by atoms with Crippen LogP contribution in [-0.4, -0.2) is 71.8 Å². The molecule has 8 nitrogen and oxygen atoms in total. The van der Waals surface area contributed by atoms with E-state index in [0.717, 1.165) is 24.8 Å². The van der Waals surface area contributed by atoms with Gasteiger partial charge in [0, 0.05) is 19.7 Å². The Balaban J connectivity index is 1.61. The highest BCUT2D eigenvalue weighted by Crippen LogP contribution is 2.53. The number of cyclic esters (lactones) is 1. The van der Waals surface area contributed by atoms with Crippen LogP contribution in [0.4, 0.5) is 5.69 Å². The monoisotopic (exact) mass is 528 g/mol. The van der Waals surface area contributed by atoms with Crippen LogP contribution in [0.5, 0.6) is 0 Å². The predicted octanol–water partition coefficient (Wildman–Crippen LogP) is 3.19. The number of aliphatic hydroxyl groups excluding tert-OH is 1. The Morgan fingerprint density at radius 2 is 1.97 bits per heavy atom. The zero-order chi connectivity index (χ0) is 26.2. The van der Waals surface area contributed by atoms with Crippen molar-refractivity contribution in [1.29, 1.82) is 0 Å². The van der Waals surface area contributed by atoms with Crippen molar-refractivity contribution in [3.05, 3.63) is 53.1 Å². The summed E-state index contributed by atoms with van der Waals surface area (Å²) in [5.41, 5.74) is 0.119. The van der Waals surface area contributed by atoms with Gasteiger partial charge in [-0.15, -0.1) is 0 Å². The minimum atomic E-state index is -1.32. The summed E-state index contributed by atoms with van der Waals surface area (Å²) in [5.74, 6) is -2.80. The molecule has 198 valence electrons. The number of carbonyl (C=O) groups is 3. The first-order valence-electron chi connectivity index (χ1n) is 13.1. The van der Waals surface area contributed by atoms with Gasteiger partial charge in [0.15, 0.2) is 0 Å². The standard InChI is InChI=1S/C28H33ClN2O6/c1-18-10-8-11-19(29)23(18)30-15-9-13-28-22(25(33)31(14-5-6-16-32)24(28)26(30)34)21-20(37-28)12-4-2-3-7-17-36-27(21)35/h4,8-13,20-22,24,32H,2-3,5-7,14-17H2,1H3/b12-4-/t20-,21+,22-,24?,28-/m0/s1. The fraction of sp³-hybridized carbons (Fsp3) is 0.536. The summed E-state index contributed by atoms with van der Waals surface area (Å²) >= 11 is 6.56. The van der Waals surface area contributed by atoms with E-state index < -0.39 is 35.6 Å². The van der Waals surface area contributed by atoms with E-state index in [9.17, 15) is 19.5 Å². The molecule has 5 atom stereocenters. The van der Waals surface area contributed by atoms with Crippen molar-refractivity contribution in [3.8, 4) is 0 Å². The van der Waals surface area contributed by atoms with Crippen molar-refractivity contribution in [2.75, 3.05) is 31.2 Å². The van der Waals surface area contributed by atoms with Gasteiger partial charge in [-0.25, -0.2) is 0 Å². The molecule has 0 radical (unpaired) electrons. The molecule has 2 saturated heterocycles. The van der Waals surface area contributed by atoms with Crippen LogP contribution in [0, 0.1) is 18.8 Å². The van der Waals surface area contributed by atoms with Crippen molar-refractivity contribution >= 4 is 35.1 Å². The molecule has 37 heavy (non-hydrogen) atoms. The number of unbranched alkanes of at least 4 members (excludes halogenated alkanes) is 1. The predicted molar refractivity (Wildman–Crippen MR) is 138 cm³/mol. The zero-order valence-electron chi connectivity index (χ0n) is 21.0. The quantitative estimate of drug-likeness (QED) is 0.358. The fourth-order valence-corrected chi connectivity index (χ4v) is 6.54. The second kappa shape index (κ2) is 10.6. The Bertz CT molecular complexity index is 1120. The van der Waals surface area contributed by atoms with Gasteiger partial charge in [0.05, 0.1) is 29.3 Å². The number of benzene rings is 1. The Hall–Kier alpha value is -2.68. The Labute approximate surface area is 221 Å². The third-order valence-electron chi connectivity index (χ3n) is 7.87. The third-order valence-corrected chi connectivity index (χ3v) is 8.17. The number of nitrogens with zero attached hydrogens (tertiary/aromatic N) is 2. The number of ether oxygens (including phenoxy) is 2. The second-order valence-electron chi connectivity index (χ2n) is 10.2. The molecule has 2 amide bonds. The number of fused-ring (bicyclic) bond motifs is 2. The maximum atomic E-state index is 14.4. The van der Waals surface area contributed by atoms with Crippen LogP contribution in [0.1, 0.15) is 37.7 Å². The average molecular weight is 529 g/mol. The molecule has 4 aliphatic heterocycles. The minimum Gasteiger partial charge on any atom is -0.465 e. The largest absolute Gasteiger partial charge is 0.465 e. The van der Waals surface area contributed by atoms with Crippen molar-refractivity contribution in [2.24, 2.45) is 11.8 Å². The van der Waals surface area contributed by atoms with E-state index in [-0.39, 0.29) is 31.5 Å². The lowest BCUT2D eigenvalue weighted by atomic mass is 9.78. The molecule has 9 heteroatoms. The highest BCUT2D eigenvalue weighted by Gasteiger charge is 2.71. The van der Waals surface area contributed by atoms with Gasteiger partial charge in [-0.05, 0) is 50.7 Å². The normalized spacial score (nSPS) is 32.5. The fourth-order valence-electron chi connectivity index (χ4n) is 6.22. The number of para-hydroxylation sites is 1. The SMILES string of the molecule is Cc1cccc(Cl)c1N1CC=C[C@]23O[C@H]4/C=C\CCCCOC(=O)[C@H]4[C@H]2C(=O)N(CCCCO)C3C1=O. The number of likely N-dealkylation sites (tertiary alicyclic amines) is 1. The molecule has 4 heterocycles. The van der Waals surface area contributed by atoms with Gasteiger partial charge in [0.1, 0.15) is 17.6 Å². The van der Waals surface area contributed by atoms with Crippen LogP contribution in [0.3, 0.4) is 0 Å². The third kappa shape index (κ3) is 4.39. The van der Waals surface area contributed by atoms with Crippen molar-refractivity contribution in [2.45, 2.75) is 56.8 Å². The molecule has 4 aliphatic rings. The molecule has 0 saturated carbocycles. The van der Waals surface area contributed by atoms with Crippen LogP contribution in [0.15, 0.2) is 42.5 Å². The van der Waals surface area contributed by atoms with Gasteiger partial charge in [-0.1, -0.05) is 48.0 Å². The first-order chi connectivity index (χ1) is 17.9. The van der Waals surface area contributed by atoms with Gasteiger partial charge in [0.2, 0.25) is 5.91 Å². The average Bonchev–Trinajstić information content (AvgIpc) is 3.25. The van der Waals surface area contributed by atoms with E-state index in [1.54, 1.807) is 15.9 Å². The highest BCUT2D eigenvalue weighted by atomic mass is 35.5. The molecule has 1 spiro atoms. The lowest BCUT2D eigenvalue weighted by molar-refractivity contribution is -0.154. The number of anilines is 1. The molecular formula is C28H33ClN2O6. The van der Waals surface area contributed by atoms with E-state index in [2.05, 4.69) is 0 Å². The van der Waals surface area contributed by atoms with Crippen molar-refractivity contribution < 1.29 is 29.0 Å². The van der Waals surface area contributed by atoms with Gasteiger partial charge < -0.3 is 24.4 Å². The van der Waals surface area contributed by atoms with Crippen LogP contribution in [0.25, 0.3) is 0 Å². The topological polar surface area (TPSA) is 96.4 Å². The summed E-state index contributed by atoms with van der Waals surface area (Å²) in [6.45, 7) is 2.69. The number of allylic oxidation sites excluding steroid dienone is 1.